The van der Waals surface area contributed by atoms with Crippen LogP contribution in [0.1, 0.15) is 6.92 Å². The van der Waals surface area contributed by atoms with Crippen LogP contribution in [0.25, 0.3) is 11.0 Å². The largest absolute Gasteiger partial charge is 0.465 e. The highest BCUT2D eigenvalue weighted by molar-refractivity contribution is 5.76. The molecular formula is C11H14N4O4. The van der Waals surface area contributed by atoms with Crippen LogP contribution in [0, 0.1) is 0 Å². The van der Waals surface area contributed by atoms with Crippen LogP contribution in [-0.4, -0.2) is 31.5 Å². The maximum atomic E-state index is 12.1. The molecule has 19 heavy (non-hydrogen) atoms. The van der Waals surface area contributed by atoms with E-state index < -0.39 is 17.2 Å². The zero-order valence-corrected chi connectivity index (χ0v) is 10.9. The van der Waals surface area contributed by atoms with Crippen LogP contribution < -0.4 is 11.2 Å². The summed E-state index contributed by atoms with van der Waals surface area (Å²) in [7, 11) is 2.92. The van der Waals surface area contributed by atoms with Gasteiger partial charge < -0.3 is 4.74 Å². The van der Waals surface area contributed by atoms with Crippen LogP contribution in [-0.2, 0) is 30.2 Å². The standard InChI is InChI=1S/C11H14N4O4/c1-4-19-8(16)6-15-9-7(5-12-15)13(2)11(18)14(3)10(9)17/h5H,4,6H2,1-3H3. The summed E-state index contributed by atoms with van der Waals surface area (Å²) in [6.45, 7) is 1.79. The molecule has 0 atom stereocenters. The molecule has 0 bridgehead atoms. The second-order valence-electron chi connectivity index (χ2n) is 4.05. The molecule has 0 aliphatic rings. The third-order valence-corrected chi connectivity index (χ3v) is 2.85. The number of carbonyl (C=O) groups is 1. The zero-order valence-electron chi connectivity index (χ0n) is 10.9. The van der Waals surface area contributed by atoms with E-state index in [-0.39, 0.29) is 18.7 Å². The second kappa shape index (κ2) is 4.71. The van der Waals surface area contributed by atoms with Crippen LogP contribution in [0.4, 0.5) is 0 Å². The number of aryl methyl sites for hydroxylation is 1. The lowest BCUT2D eigenvalue weighted by molar-refractivity contribution is -0.143. The summed E-state index contributed by atoms with van der Waals surface area (Å²) in [5, 5.41) is 3.96. The maximum Gasteiger partial charge on any atom is 0.331 e. The predicted molar refractivity (Wildman–Crippen MR) is 66.8 cm³/mol. The first-order chi connectivity index (χ1) is 8.97. The Morgan fingerprint density at radius 3 is 2.63 bits per heavy atom. The molecule has 8 nitrogen and oxygen atoms in total. The van der Waals surface area contributed by atoms with Gasteiger partial charge in [-0.25, -0.2) is 9.48 Å². The van der Waals surface area contributed by atoms with E-state index in [0.717, 1.165) is 4.57 Å². The van der Waals surface area contributed by atoms with Crippen molar-refractivity contribution in [2.24, 2.45) is 14.1 Å². The van der Waals surface area contributed by atoms with Gasteiger partial charge in [0.1, 0.15) is 6.54 Å². The third kappa shape index (κ3) is 2.05. The molecule has 2 heterocycles. The minimum absolute atomic E-state index is 0.162. The van der Waals surface area contributed by atoms with Crippen molar-refractivity contribution in [3.63, 3.8) is 0 Å². The van der Waals surface area contributed by atoms with Crippen LogP contribution in [0.2, 0.25) is 0 Å². The molecule has 0 radical (unpaired) electrons. The van der Waals surface area contributed by atoms with Crippen LogP contribution in [0.15, 0.2) is 15.8 Å². The second-order valence-corrected chi connectivity index (χ2v) is 4.05. The van der Waals surface area contributed by atoms with E-state index in [1.807, 2.05) is 0 Å². The molecule has 0 N–H and O–H groups in total. The normalized spacial score (nSPS) is 10.9. The summed E-state index contributed by atoms with van der Waals surface area (Å²) in [5.41, 5.74) is -0.330. The van der Waals surface area contributed by atoms with Gasteiger partial charge in [-0.2, -0.15) is 5.10 Å². The first kappa shape index (κ1) is 13.1. The number of hydrogen-bond donors (Lipinski definition) is 0. The van der Waals surface area contributed by atoms with Crippen molar-refractivity contribution in [1.29, 1.82) is 0 Å². The number of ether oxygens (including phenoxy) is 1. The van der Waals surface area contributed by atoms with E-state index in [9.17, 15) is 14.4 Å². The molecule has 0 aromatic carbocycles. The van der Waals surface area contributed by atoms with Crippen molar-refractivity contribution in [2.75, 3.05) is 6.61 Å². The molecule has 0 saturated heterocycles. The van der Waals surface area contributed by atoms with Gasteiger partial charge >= 0.3 is 11.7 Å². The van der Waals surface area contributed by atoms with Crippen molar-refractivity contribution in [1.82, 2.24) is 18.9 Å². The Kier molecular flexibility index (Phi) is 3.24. The van der Waals surface area contributed by atoms with Gasteiger partial charge in [0, 0.05) is 14.1 Å². The van der Waals surface area contributed by atoms with E-state index in [1.165, 1.54) is 22.5 Å². The van der Waals surface area contributed by atoms with Crippen molar-refractivity contribution in [3.05, 3.63) is 27.0 Å². The monoisotopic (exact) mass is 266 g/mol. The SMILES string of the molecule is CCOC(=O)Cn1ncc2c1c(=O)n(C)c(=O)n2C. The van der Waals surface area contributed by atoms with E-state index in [1.54, 1.807) is 14.0 Å². The first-order valence-corrected chi connectivity index (χ1v) is 5.74. The lowest BCUT2D eigenvalue weighted by atomic mass is 10.4. The molecule has 8 heteroatoms. The number of fused-ring (bicyclic) bond motifs is 1. The molecule has 2 aromatic heterocycles. The van der Waals surface area contributed by atoms with Crippen molar-refractivity contribution < 1.29 is 9.53 Å². The fourth-order valence-electron chi connectivity index (χ4n) is 1.86. The Balaban J connectivity index is 2.64. The molecule has 102 valence electrons. The number of nitrogens with zero attached hydrogens (tertiary/aromatic N) is 4. The Bertz CT molecular complexity index is 752. The summed E-state index contributed by atoms with van der Waals surface area (Å²) < 4.78 is 8.34. The smallest absolute Gasteiger partial charge is 0.331 e. The topological polar surface area (TPSA) is 88.1 Å². The van der Waals surface area contributed by atoms with Gasteiger partial charge in [-0.05, 0) is 6.92 Å². The van der Waals surface area contributed by atoms with E-state index in [4.69, 9.17) is 4.74 Å². The van der Waals surface area contributed by atoms with Crippen molar-refractivity contribution >= 4 is 17.0 Å². The number of carbonyl (C=O) groups excluding carboxylic acids is 1. The highest BCUT2D eigenvalue weighted by atomic mass is 16.5. The lowest BCUT2D eigenvalue weighted by Gasteiger charge is -2.06. The van der Waals surface area contributed by atoms with Gasteiger partial charge in [0.15, 0.2) is 5.52 Å². The van der Waals surface area contributed by atoms with Gasteiger partial charge in [0.2, 0.25) is 0 Å². The summed E-state index contributed by atoms with van der Waals surface area (Å²) >= 11 is 0. The highest BCUT2D eigenvalue weighted by Crippen LogP contribution is 2.06. The zero-order chi connectivity index (χ0) is 14.2. The van der Waals surface area contributed by atoms with Crippen LogP contribution >= 0.6 is 0 Å². The summed E-state index contributed by atoms with van der Waals surface area (Å²) in [5.74, 6) is -0.483. The molecule has 2 aromatic rings. The quantitative estimate of drug-likeness (QED) is 0.665. The van der Waals surface area contributed by atoms with Gasteiger partial charge in [0.05, 0.1) is 18.3 Å². The first-order valence-electron chi connectivity index (χ1n) is 5.74. The Labute approximate surface area is 107 Å². The molecule has 2 rings (SSSR count). The number of rotatable bonds is 3. The van der Waals surface area contributed by atoms with Gasteiger partial charge in [-0.15, -0.1) is 0 Å². The maximum absolute atomic E-state index is 12.1. The van der Waals surface area contributed by atoms with E-state index in [0.29, 0.717) is 5.52 Å². The fraction of sp³-hybridized carbons (Fsp3) is 0.455. The Morgan fingerprint density at radius 2 is 2.00 bits per heavy atom. The average Bonchev–Trinajstić information content (AvgIpc) is 2.78. The fourth-order valence-corrected chi connectivity index (χ4v) is 1.86. The van der Waals surface area contributed by atoms with Crippen LogP contribution in [0.5, 0.6) is 0 Å². The van der Waals surface area contributed by atoms with E-state index >= 15 is 0 Å². The predicted octanol–water partition coefficient (Wildman–Crippen LogP) is -1.00. The number of esters is 1. The van der Waals surface area contributed by atoms with Gasteiger partial charge in [-0.3, -0.25) is 18.7 Å². The summed E-state index contributed by atoms with van der Waals surface area (Å²) in [6.07, 6.45) is 1.39. The number of hydrogen-bond acceptors (Lipinski definition) is 5. The van der Waals surface area contributed by atoms with Gasteiger partial charge in [-0.1, -0.05) is 0 Å². The minimum Gasteiger partial charge on any atom is -0.465 e. The summed E-state index contributed by atoms with van der Waals surface area (Å²) in [4.78, 5) is 35.2. The molecule has 0 unspecified atom stereocenters. The molecule has 0 spiro atoms. The highest BCUT2D eigenvalue weighted by Gasteiger charge is 2.15. The molecule has 0 aliphatic heterocycles. The van der Waals surface area contributed by atoms with Gasteiger partial charge in [0.25, 0.3) is 5.56 Å². The third-order valence-electron chi connectivity index (χ3n) is 2.85. The minimum atomic E-state index is -0.486. The molecule has 0 saturated carbocycles. The molecule has 0 aliphatic carbocycles. The van der Waals surface area contributed by atoms with Crippen LogP contribution in [0.3, 0.4) is 0 Å². The lowest BCUT2D eigenvalue weighted by Crippen LogP contribution is -2.37. The molecule has 0 amide bonds. The summed E-state index contributed by atoms with van der Waals surface area (Å²) in [6, 6.07) is 0. The average molecular weight is 266 g/mol. The number of aromatic nitrogens is 4. The Morgan fingerprint density at radius 1 is 1.32 bits per heavy atom. The van der Waals surface area contributed by atoms with E-state index in [2.05, 4.69) is 5.10 Å². The molecular weight excluding hydrogens is 252 g/mol. The molecule has 0 fully saturated rings. The van der Waals surface area contributed by atoms with Crippen molar-refractivity contribution in [2.45, 2.75) is 13.5 Å². The van der Waals surface area contributed by atoms with Crippen molar-refractivity contribution in [3.8, 4) is 0 Å². The Hall–Kier alpha value is -2.38.